The summed E-state index contributed by atoms with van der Waals surface area (Å²) in [7, 11) is 0. The largest absolute Gasteiger partial charge is 0.506 e. The van der Waals surface area contributed by atoms with Gasteiger partial charge in [0.05, 0.1) is 11.6 Å². The van der Waals surface area contributed by atoms with Crippen LogP contribution in [0.2, 0.25) is 5.02 Å². The Hall–Kier alpha value is -0.730. The van der Waals surface area contributed by atoms with Gasteiger partial charge in [-0.2, -0.15) is 0 Å². The highest BCUT2D eigenvalue weighted by atomic mass is 35.5. The zero-order valence-electron chi connectivity index (χ0n) is 8.63. The fourth-order valence-corrected chi connectivity index (χ4v) is 1.45. The van der Waals surface area contributed by atoms with Gasteiger partial charge in [0, 0.05) is 5.56 Å². The van der Waals surface area contributed by atoms with E-state index in [-0.39, 0.29) is 17.8 Å². The lowest BCUT2D eigenvalue weighted by Crippen LogP contribution is -2.11. The molecule has 0 saturated heterocycles. The van der Waals surface area contributed by atoms with Crippen molar-refractivity contribution < 1.29 is 10.2 Å². The van der Waals surface area contributed by atoms with Crippen molar-refractivity contribution in [1.82, 2.24) is 0 Å². The number of hydrogen-bond acceptors (Lipinski definition) is 2. The Morgan fingerprint density at radius 2 is 1.86 bits per heavy atom. The first-order valence-corrected chi connectivity index (χ1v) is 4.87. The van der Waals surface area contributed by atoms with Crippen LogP contribution in [0.3, 0.4) is 0 Å². The van der Waals surface area contributed by atoms with Gasteiger partial charge < -0.3 is 10.2 Å². The SMILES string of the molecule is CC(C)(C)c1cc(Cl)c(O)c(CO)c1. The number of aliphatic hydroxyl groups excluding tert-OH is 1. The van der Waals surface area contributed by atoms with Crippen molar-refractivity contribution >= 4 is 11.6 Å². The molecule has 0 aliphatic rings. The number of hydrogen-bond donors (Lipinski definition) is 2. The fraction of sp³-hybridized carbons (Fsp3) is 0.455. The zero-order valence-corrected chi connectivity index (χ0v) is 9.39. The quantitative estimate of drug-likeness (QED) is 0.755. The Balaban J connectivity index is 3.30. The highest BCUT2D eigenvalue weighted by molar-refractivity contribution is 6.32. The summed E-state index contributed by atoms with van der Waals surface area (Å²) in [5.41, 5.74) is 1.44. The van der Waals surface area contributed by atoms with Crippen molar-refractivity contribution in [3.8, 4) is 5.75 Å². The van der Waals surface area contributed by atoms with E-state index in [1.54, 1.807) is 12.1 Å². The molecule has 0 atom stereocenters. The van der Waals surface area contributed by atoms with Crippen molar-refractivity contribution in [2.75, 3.05) is 0 Å². The molecule has 14 heavy (non-hydrogen) atoms. The van der Waals surface area contributed by atoms with E-state index in [0.717, 1.165) is 5.56 Å². The first-order valence-electron chi connectivity index (χ1n) is 4.49. The second-order valence-electron chi connectivity index (χ2n) is 4.37. The van der Waals surface area contributed by atoms with Gasteiger partial charge in [-0.1, -0.05) is 32.4 Å². The molecule has 0 amide bonds. The van der Waals surface area contributed by atoms with Gasteiger partial charge in [-0.3, -0.25) is 0 Å². The van der Waals surface area contributed by atoms with E-state index >= 15 is 0 Å². The minimum absolute atomic E-state index is 0.0258. The average Bonchev–Trinajstić information content (AvgIpc) is 2.07. The van der Waals surface area contributed by atoms with Gasteiger partial charge in [-0.25, -0.2) is 0 Å². The van der Waals surface area contributed by atoms with Crippen molar-refractivity contribution in [2.45, 2.75) is 32.8 Å². The van der Waals surface area contributed by atoms with Crippen LogP contribution in [-0.2, 0) is 12.0 Å². The number of aromatic hydroxyl groups is 1. The number of phenols is 1. The van der Waals surface area contributed by atoms with Crippen molar-refractivity contribution in [1.29, 1.82) is 0 Å². The summed E-state index contributed by atoms with van der Waals surface area (Å²) in [6, 6.07) is 3.51. The van der Waals surface area contributed by atoms with Crippen LogP contribution in [0.4, 0.5) is 0 Å². The average molecular weight is 215 g/mol. The molecule has 0 heterocycles. The van der Waals surface area contributed by atoms with Crippen LogP contribution in [0.5, 0.6) is 5.75 Å². The molecular weight excluding hydrogens is 200 g/mol. The van der Waals surface area contributed by atoms with Gasteiger partial charge in [0.2, 0.25) is 0 Å². The third-order valence-corrected chi connectivity index (χ3v) is 2.47. The number of benzene rings is 1. The van der Waals surface area contributed by atoms with Gasteiger partial charge in [-0.05, 0) is 23.1 Å². The van der Waals surface area contributed by atoms with Gasteiger partial charge in [0.25, 0.3) is 0 Å². The maximum absolute atomic E-state index is 9.50. The predicted molar refractivity (Wildman–Crippen MR) is 57.7 cm³/mol. The van der Waals surface area contributed by atoms with Gasteiger partial charge in [0.15, 0.2) is 0 Å². The van der Waals surface area contributed by atoms with Crippen molar-refractivity contribution in [3.63, 3.8) is 0 Å². The molecule has 0 spiro atoms. The van der Waals surface area contributed by atoms with E-state index in [1.807, 2.05) is 0 Å². The predicted octanol–water partition coefficient (Wildman–Crippen LogP) is 2.84. The lowest BCUT2D eigenvalue weighted by atomic mass is 9.86. The number of aliphatic hydroxyl groups is 1. The van der Waals surface area contributed by atoms with E-state index < -0.39 is 0 Å². The second-order valence-corrected chi connectivity index (χ2v) is 4.78. The van der Waals surface area contributed by atoms with Crippen molar-refractivity contribution in [3.05, 3.63) is 28.3 Å². The monoisotopic (exact) mass is 214 g/mol. The first kappa shape index (κ1) is 11.3. The summed E-state index contributed by atoms with van der Waals surface area (Å²) in [5.74, 6) is -0.0258. The minimum Gasteiger partial charge on any atom is -0.506 e. The molecule has 78 valence electrons. The Labute approximate surface area is 89.1 Å². The maximum Gasteiger partial charge on any atom is 0.139 e. The lowest BCUT2D eigenvalue weighted by molar-refractivity contribution is 0.275. The molecule has 1 aromatic rings. The smallest absolute Gasteiger partial charge is 0.139 e. The molecule has 0 aliphatic heterocycles. The van der Waals surface area contributed by atoms with Crippen LogP contribution in [0, 0.1) is 0 Å². The van der Waals surface area contributed by atoms with Gasteiger partial charge >= 0.3 is 0 Å². The standard InChI is InChI=1S/C11H15ClO2/c1-11(2,3)8-4-7(6-13)10(14)9(12)5-8/h4-5,13-14H,6H2,1-3H3. The van der Waals surface area contributed by atoms with E-state index in [9.17, 15) is 5.11 Å². The summed E-state index contributed by atoms with van der Waals surface area (Å²) in [5, 5.41) is 18.8. The number of rotatable bonds is 1. The van der Waals surface area contributed by atoms with Crippen LogP contribution in [0.1, 0.15) is 31.9 Å². The van der Waals surface area contributed by atoms with E-state index in [0.29, 0.717) is 10.6 Å². The summed E-state index contributed by atoms with van der Waals surface area (Å²) in [4.78, 5) is 0. The van der Waals surface area contributed by atoms with E-state index in [2.05, 4.69) is 20.8 Å². The third kappa shape index (κ3) is 2.20. The van der Waals surface area contributed by atoms with Crippen LogP contribution in [0.15, 0.2) is 12.1 Å². The second kappa shape index (κ2) is 3.79. The molecule has 0 bridgehead atoms. The highest BCUT2D eigenvalue weighted by Crippen LogP contribution is 2.33. The Bertz CT molecular complexity index is 340. The molecular formula is C11H15ClO2. The molecule has 0 aliphatic carbocycles. The minimum atomic E-state index is -0.199. The fourth-order valence-electron chi connectivity index (χ4n) is 1.21. The third-order valence-electron chi connectivity index (χ3n) is 2.18. The summed E-state index contributed by atoms with van der Waals surface area (Å²) >= 11 is 5.84. The molecule has 0 saturated carbocycles. The Morgan fingerprint density at radius 1 is 1.29 bits per heavy atom. The van der Waals surface area contributed by atoms with Gasteiger partial charge in [-0.15, -0.1) is 0 Å². The normalized spacial score (nSPS) is 11.8. The van der Waals surface area contributed by atoms with Crippen LogP contribution in [-0.4, -0.2) is 10.2 Å². The summed E-state index contributed by atoms with van der Waals surface area (Å²) < 4.78 is 0. The molecule has 2 N–H and O–H groups in total. The molecule has 0 aromatic heterocycles. The van der Waals surface area contributed by atoms with Crippen LogP contribution in [0.25, 0.3) is 0 Å². The molecule has 3 heteroatoms. The Morgan fingerprint density at radius 3 is 2.29 bits per heavy atom. The van der Waals surface area contributed by atoms with Crippen molar-refractivity contribution in [2.24, 2.45) is 0 Å². The molecule has 0 unspecified atom stereocenters. The molecule has 0 fully saturated rings. The highest BCUT2D eigenvalue weighted by Gasteiger charge is 2.17. The van der Waals surface area contributed by atoms with Crippen LogP contribution >= 0.6 is 11.6 Å². The first-order chi connectivity index (χ1) is 6.36. The van der Waals surface area contributed by atoms with Crippen LogP contribution < -0.4 is 0 Å². The summed E-state index contributed by atoms with van der Waals surface area (Å²) in [6.45, 7) is 5.96. The maximum atomic E-state index is 9.50. The Kier molecular flexibility index (Phi) is 3.07. The molecule has 1 rings (SSSR count). The lowest BCUT2D eigenvalue weighted by Gasteiger charge is -2.20. The molecule has 2 nitrogen and oxygen atoms in total. The zero-order chi connectivity index (χ0) is 10.9. The van der Waals surface area contributed by atoms with E-state index in [4.69, 9.17) is 16.7 Å². The van der Waals surface area contributed by atoms with Gasteiger partial charge in [0.1, 0.15) is 5.75 Å². The summed E-state index contributed by atoms with van der Waals surface area (Å²) in [6.07, 6.45) is 0. The molecule has 1 aromatic carbocycles. The number of halogens is 1. The topological polar surface area (TPSA) is 40.5 Å². The van der Waals surface area contributed by atoms with E-state index in [1.165, 1.54) is 0 Å². The molecule has 0 radical (unpaired) electrons.